The van der Waals surface area contributed by atoms with Gasteiger partial charge in [-0.1, -0.05) is 6.07 Å². The predicted octanol–water partition coefficient (Wildman–Crippen LogP) is -0.470. The van der Waals surface area contributed by atoms with E-state index in [9.17, 15) is 9.59 Å². The summed E-state index contributed by atoms with van der Waals surface area (Å²) in [4.78, 5) is 23.7. The average Bonchev–Trinajstić information content (AvgIpc) is 2.59. The molecule has 1 atom stereocenters. The maximum Gasteiger partial charge on any atom is 0.251 e. The number of rotatable bonds is 6. The van der Waals surface area contributed by atoms with Crippen LogP contribution in [0.15, 0.2) is 24.3 Å². The van der Waals surface area contributed by atoms with Crippen molar-refractivity contribution in [2.75, 3.05) is 39.9 Å². The van der Waals surface area contributed by atoms with Crippen molar-refractivity contribution in [1.29, 1.82) is 0 Å². The highest BCUT2D eigenvalue weighted by Crippen LogP contribution is 2.12. The monoisotopic (exact) mass is 307 g/mol. The van der Waals surface area contributed by atoms with Crippen molar-refractivity contribution >= 4 is 11.8 Å². The van der Waals surface area contributed by atoms with Crippen LogP contribution in [0.4, 0.5) is 0 Å². The van der Waals surface area contributed by atoms with Gasteiger partial charge in [0.15, 0.2) is 0 Å². The molecule has 1 aromatic rings. The Hall–Kier alpha value is -2.12. The van der Waals surface area contributed by atoms with Crippen molar-refractivity contribution in [3.8, 4) is 5.75 Å². The Morgan fingerprint density at radius 1 is 1.36 bits per heavy atom. The Labute approximate surface area is 129 Å². The molecule has 120 valence electrons. The molecule has 0 saturated carbocycles. The number of hydrogen-bond acceptors (Lipinski definition) is 5. The van der Waals surface area contributed by atoms with Crippen LogP contribution >= 0.6 is 0 Å². The Kier molecular flexibility index (Phi) is 6.17. The van der Waals surface area contributed by atoms with Gasteiger partial charge in [-0.2, -0.15) is 0 Å². The minimum atomic E-state index is -0.456. The van der Waals surface area contributed by atoms with Crippen LogP contribution in [0.1, 0.15) is 10.4 Å². The van der Waals surface area contributed by atoms with Crippen molar-refractivity contribution < 1.29 is 19.1 Å². The van der Waals surface area contributed by atoms with Gasteiger partial charge in [-0.3, -0.25) is 9.59 Å². The molecule has 7 heteroatoms. The topological polar surface area (TPSA) is 88.7 Å². The fourth-order valence-corrected chi connectivity index (χ4v) is 2.08. The van der Waals surface area contributed by atoms with E-state index in [1.807, 2.05) is 0 Å². The molecule has 0 aliphatic carbocycles. The maximum absolute atomic E-state index is 11.9. The second-order valence-electron chi connectivity index (χ2n) is 4.84. The highest BCUT2D eigenvalue weighted by molar-refractivity contribution is 5.94. The second kappa shape index (κ2) is 8.35. The van der Waals surface area contributed by atoms with Gasteiger partial charge in [-0.15, -0.1) is 0 Å². The van der Waals surface area contributed by atoms with Crippen molar-refractivity contribution in [3.05, 3.63) is 29.8 Å². The first-order chi connectivity index (χ1) is 10.7. The van der Waals surface area contributed by atoms with Crippen LogP contribution in [0, 0.1) is 0 Å². The number of methoxy groups -OCH3 is 1. The lowest BCUT2D eigenvalue weighted by atomic mass is 10.2. The highest BCUT2D eigenvalue weighted by Gasteiger charge is 2.20. The zero-order valence-electron chi connectivity index (χ0n) is 12.6. The zero-order chi connectivity index (χ0) is 15.8. The number of benzene rings is 1. The SMILES string of the molecule is COc1cccc(C(=O)NCCNC(=O)C2CNCCO2)c1. The molecule has 1 saturated heterocycles. The molecule has 1 unspecified atom stereocenters. The number of morpholine rings is 1. The van der Waals surface area contributed by atoms with Crippen LogP contribution in [0.3, 0.4) is 0 Å². The molecule has 1 aliphatic rings. The van der Waals surface area contributed by atoms with E-state index in [2.05, 4.69) is 16.0 Å². The predicted molar refractivity (Wildman–Crippen MR) is 80.9 cm³/mol. The quantitative estimate of drug-likeness (QED) is 0.618. The Morgan fingerprint density at radius 2 is 2.18 bits per heavy atom. The lowest BCUT2D eigenvalue weighted by molar-refractivity contribution is -0.134. The van der Waals surface area contributed by atoms with Gasteiger partial charge in [-0.25, -0.2) is 0 Å². The van der Waals surface area contributed by atoms with E-state index in [1.54, 1.807) is 31.4 Å². The fraction of sp³-hybridized carbons (Fsp3) is 0.467. The summed E-state index contributed by atoms with van der Waals surface area (Å²) in [5, 5.41) is 8.57. The van der Waals surface area contributed by atoms with E-state index in [-0.39, 0.29) is 11.8 Å². The molecule has 3 N–H and O–H groups in total. The number of hydrogen-bond donors (Lipinski definition) is 3. The van der Waals surface area contributed by atoms with Gasteiger partial charge >= 0.3 is 0 Å². The third kappa shape index (κ3) is 4.71. The molecule has 0 spiro atoms. The highest BCUT2D eigenvalue weighted by atomic mass is 16.5. The molecule has 2 rings (SSSR count). The van der Waals surface area contributed by atoms with Gasteiger partial charge in [-0.05, 0) is 18.2 Å². The summed E-state index contributed by atoms with van der Waals surface area (Å²) in [5.41, 5.74) is 0.519. The lowest BCUT2D eigenvalue weighted by Crippen LogP contribution is -2.49. The molecular weight excluding hydrogens is 286 g/mol. The molecule has 7 nitrogen and oxygen atoms in total. The standard InChI is InChI=1S/C15H21N3O4/c1-21-12-4-2-3-11(9-12)14(19)17-5-6-18-15(20)13-10-16-7-8-22-13/h2-4,9,13,16H,5-8,10H2,1H3,(H,17,19)(H,18,20). The number of nitrogens with one attached hydrogen (secondary N) is 3. The van der Waals surface area contributed by atoms with E-state index >= 15 is 0 Å². The molecule has 1 fully saturated rings. The fourth-order valence-electron chi connectivity index (χ4n) is 2.08. The summed E-state index contributed by atoms with van der Waals surface area (Å²) >= 11 is 0. The van der Waals surface area contributed by atoms with Crippen LogP contribution in [-0.2, 0) is 9.53 Å². The first-order valence-electron chi connectivity index (χ1n) is 7.23. The third-order valence-electron chi connectivity index (χ3n) is 3.26. The molecule has 2 amide bonds. The summed E-state index contributed by atoms with van der Waals surface area (Å²) in [6.07, 6.45) is -0.456. The summed E-state index contributed by atoms with van der Waals surface area (Å²) in [7, 11) is 1.55. The van der Waals surface area contributed by atoms with Crippen LogP contribution < -0.4 is 20.7 Å². The molecule has 1 aromatic carbocycles. The first kappa shape index (κ1) is 16.3. The number of ether oxygens (including phenoxy) is 2. The van der Waals surface area contributed by atoms with Crippen LogP contribution in [0.2, 0.25) is 0 Å². The van der Waals surface area contributed by atoms with Crippen molar-refractivity contribution in [3.63, 3.8) is 0 Å². The molecule has 1 heterocycles. The second-order valence-corrected chi connectivity index (χ2v) is 4.84. The molecular formula is C15H21N3O4. The minimum Gasteiger partial charge on any atom is -0.497 e. The van der Waals surface area contributed by atoms with Gasteiger partial charge in [0.1, 0.15) is 11.9 Å². The van der Waals surface area contributed by atoms with Gasteiger partial charge in [0.05, 0.1) is 13.7 Å². The first-order valence-corrected chi connectivity index (χ1v) is 7.23. The van der Waals surface area contributed by atoms with Crippen LogP contribution in [0.5, 0.6) is 5.75 Å². The van der Waals surface area contributed by atoms with Gasteiger partial charge in [0.2, 0.25) is 0 Å². The van der Waals surface area contributed by atoms with Crippen molar-refractivity contribution in [2.45, 2.75) is 6.10 Å². The number of amides is 2. The number of carbonyl (C=O) groups excluding carboxylic acids is 2. The Bertz CT molecular complexity index is 515. The van der Waals surface area contributed by atoms with E-state index < -0.39 is 6.10 Å². The molecule has 0 bridgehead atoms. The molecule has 0 radical (unpaired) electrons. The lowest BCUT2D eigenvalue weighted by Gasteiger charge is -2.22. The normalized spacial score (nSPS) is 17.6. The average molecular weight is 307 g/mol. The van der Waals surface area contributed by atoms with Gasteiger partial charge < -0.3 is 25.4 Å². The maximum atomic E-state index is 11.9. The van der Waals surface area contributed by atoms with Crippen LogP contribution in [0.25, 0.3) is 0 Å². The summed E-state index contributed by atoms with van der Waals surface area (Å²) in [5.74, 6) is 0.259. The minimum absolute atomic E-state index is 0.164. The van der Waals surface area contributed by atoms with Gasteiger partial charge in [0, 0.05) is 31.7 Å². The van der Waals surface area contributed by atoms with E-state index in [4.69, 9.17) is 9.47 Å². The molecule has 1 aliphatic heterocycles. The summed E-state index contributed by atoms with van der Waals surface area (Å²) in [6.45, 7) is 2.52. The molecule has 22 heavy (non-hydrogen) atoms. The van der Waals surface area contributed by atoms with Crippen molar-refractivity contribution in [1.82, 2.24) is 16.0 Å². The van der Waals surface area contributed by atoms with Crippen molar-refractivity contribution in [2.24, 2.45) is 0 Å². The van der Waals surface area contributed by atoms with E-state index in [1.165, 1.54) is 0 Å². The summed E-state index contributed by atoms with van der Waals surface area (Å²) in [6, 6.07) is 6.89. The van der Waals surface area contributed by atoms with E-state index in [0.29, 0.717) is 37.6 Å². The number of carbonyl (C=O) groups is 2. The Morgan fingerprint density at radius 3 is 2.91 bits per heavy atom. The van der Waals surface area contributed by atoms with E-state index in [0.717, 1.165) is 6.54 Å². The Balaban J connectivity index is 1.69. The molecule has 0 aromatic heterocycles. The summed E-state index contributed by atoms with van der Waals surface area (Å²) < 4.78 is 10.4. The smallest absolute Gasteiger partial charge is 0.251 e. The zero-order valence-corrected chi connectivity index (χ0v) is 12.6. The largest absolute Gasteiger partial charge is 0.497 e. The van der Waals surface area contributed by atoms with Gasteiger partial charge in [0.25, 0.3) is 11.8 Å². The third-order valence-corrected chi connectivity index (χ3v) is 3.26. The van der Waals surface area contributed by atoms with Crippen LogP contribution in [-0.4, -0.2) is 57.8 Å².